The number of hydrogen-bond donors (Lipinski definition) is 2. The summed E-state index contributed by atoms with van der Waals surface area (Å²) in [6.45, 7) is 0. The molecule has 3 aromatic rings. The maximum Gasteiger partial charge on any atom is 0.153 e. The Morgan fingerprint density at radius 2 is 1.78 bits per heavy atom. The summed E-state index contributed by atoms with van der Waals surface area (Å²) in [6.07, 6.45) is 2.50. The molecule has 1 heterocycles. The Morgan fingerprint density at radius 1 is 1.09 bits per heavy atom. The van der Waals surface area contributed by atoms with Crippen molar-refractivity contribution < 1.29 is 4.79 Å². The Morgan fingerprint density at radius 3 is 2.39 bits per heavy atom. The zero-order chi connectivity index (χ0) is 16.2. The SMILES string of the molecule is N/N=C(\N)c1ccc(-n2cc(C=O)c(-c3ccccc3)n2)cc1. The van der Waals surface area contributed by atoms with Crippen LogP contribution in [0.15, 0.2) is 65.9 Å². The smallest absolute Gasteiger partial charge is 0.153 e. The number of hydrazone groups is 1. The third kappa shape index (κ3) is 2.82. The lowest BCUT2D eigenvalue weighted by atomic mass is 10.1. The molecule has 2 aromatic carbocycles. The first-order valence-corrected chi connectivity index (χ1v) is 6.97. The van der Waals surface area contributed by atoms with Crippen LogP contribution in [0.2, 0.25) is 0 Å². The van der Waals surface area contributed by atoms with Crippen molar-refractivity contribution in [2.75, 3.05) is 0 Å². The van der Waals surface area contributed by atoms with E-state index in [-0.39, 0.29) is 5.84 Å². The standard InChI is InChI=1S/C17H15N5O/c18-17(20-19)13-6-8-15(9-7-13)22-10-14(11-23)16(21-22)12-4-2-1-3-5-12/h1-11H,19H2,(H2,18,20). The van der Waals surface area contributed by atoms with E-state index in [1.807, 2.05) is 42.5 Å². The summed E-state index contributed by atoms with van der Waals surface area (Å²) in [7, 11) is 0. The number of hydrogen-bond acceptors (Lipinski definition) is 4. The molecule has 0 fully saturated rings. The fraction of sp³-hybridized carbons (Fsp3) is 0. The average Bonchev–Trinajstić information content (AvgIpc) is 3.06. The minimum atomic E-state index is 0.260. The first-order chi connectivity index (χ1) is 11.2. The van der Waals surface area contributed by atoms with E-state index in [0.717, 1.165) is 23.1 Å². The zero-order valence-electron chi connectivity index (χ0n) is 12.3. The number of amidine groups is 1. The topological polar surface area (TPSA) is 99.3 Å². The minimum Gasteiger partial charge on any atom is -0.382 e. The van der Waals surface area contributed by atoms with Crippen LogP contribution in [0.3, 0.4) is 0 Å². The third-order valence-electron chi connectivity index (χ3n) is 3.48. The van der Waals surface area contributed by atoms with Crippen molar-refractivity contribution in [3.63, 3.8) is 0 Å². The van der Waals surface area contributed by atoms with Gasteiger partial charge in [-0.2, -0.15) is 10.2 Å². The van der Waals surface area contributed by atoms with Gasteiger partial charge in [0.05, 0.1) is 11.3 Å². The van der Waals surface area contributed by atoms with E-state index in [1.54, 1.807) is 23.0 Å². The third-order valence-corrected chi connectivity index (χ3v) is 3.48. The first kappa shape index (κ1) is 14.5. The molecular formula is C17H15N5O. The molecule has 114 valence electrons. The van der Waals surface area contributed by atoms with Gasteiger partial charge in [-0.15, -0.1) is 0 Å². The van der Waals surface area contributed by atoms with E-state index >= 15 is 0 Å². The maximum atomic E-state index is 11.3. The molecule has 3 rings (SSSR count). The van der Waals surface area contributed by atoms with E-state index < -0.39 is 0 Å². The van der Waals surface area contributed by atoms with E-state index in [1.165, 1.54) is 0 Å². The lowest BCUT2D eigenvalue weighted by Gasteiger charge is -2.03. The summed E-state index contributed by atoms with van der Waals surface area (Å²) in [5, 5.41) is 7.97. The van der Waals surface area contributed by atoms with Crippen molar-refractivity contribution in [3.05, 3.63) is 71.9 Å². The molecule has 6 nitrogen and oxygen atoms in total. The molecule has 0 unspecified atom stereocenters. The molecule has 1 aromatic heterocycles. The van der Waals surface area contributed by atoms with Crippen LogP contribution >= 0.6 is 0 Å². The fourth-order valence-corrected chi connectivity index (χ4v) is 2.29. The van der Waals surface area contributed by atoms with Gasteiger partial charge in [0.1, 0.15) is 11.5 Å². The molecule has 0 amide bonds. The van der Waals surface area contributed by atoms with Crippen molar-refractivity contribution in [2.45, 2.75) is 0 Å². The molecule has 4 N–H and O–H groups in total. The lowest BCUT2D eigenvalue weighted by Crippen LogP contribution is -2.15. The monoisotopic (exact) mass is 305 g/mol. The summed E-state index contributed by atoms with van der Waals surface area (Å²) in [6, 6.07) is 16.8. The van der Waals surface area contributed by atoms with Crippen LogP contribution in [0.5, 0.6) is 0 Å². The highest BCUT2D eigenvalue weighted by molar-refractivity contribution is 5.97. The van der Waals surface area contributed by atoms with Crippen LogP contribution in [0.1, 0.15) is 15.9 Å². The molecule has 0 atom stereocenters. The second-order valence-corrected chi connectivity index (χ2v) is 4.92. The molecule has 23 heavy (non-hydrogen) atoms. The summed E-state index contributed by atoms with van der Waals surface area (Å²) in [4.78, 5) is 11.3. The van der Waals surface area contributed by atoms with E-state index in [0.29, 0.717) is 11.3 Å². The molecule has 0 saturated heterocycles. The number of nitrogens with two attached hydrogens (primary N) is 2. The van der Waals surface area contributed by atoms with E-state index in [9.17, 15) is 4.79 Å². The Kier molecular flexibility index (Phi) is 3.88. The van der Waals surface area contributed by atoms with Gasteiger partial charge in [-0.05, 0) is 24.3 Å². The van der Waals surface area contributed by atoms with Crippen LogP contribution < -0.4 is 11.6 Å². The Balaban J connectivity index is 2.01. The number of carbonyl (C=O) groups is 1. The summed E-state index contributed by atoms with van der Waals surface area (Å²) in [5.74, 6) is 5.43. The number of benzene rings is 2. The van der Waals surface area contributed by atoms with Gasteiger partial charge in [-0.1, -0.05) is 30.3 Å². The molecule has 0 spiro atoms. The summed E-state index contributed by atoms with van der Waals surface area (Å²) < 4.78 is 1.66. The van der Waals surface area contributed by atoms with Crippen LogP contribution in [0.25, 0.3) is 16.9 Å². The van der Waals surface area contributed by atoms with Crippen molar-refractivity contribution in [2.24, 2.45) is 16.7 Å². The van der Waals surface area contributed by atoms with E-state index in [4.69, 9.17) is 11.6 Å². The number of carbonyl (C=O) groups excluding carboxylic acids is 1. The highest BCUT2D eigenvalue weighted by atomic mass is 16.1. The molecule has 0 aliphatic carbocycles. The van der Waals surface area contributed by atoms with Crippen LogP contribution in [-0.4, -0.2) is 21.9 Å². The number of rotatable bonds is 4. The van der Waals surface area contributed by atoms with Gasteiger partial charge in [0, 0.05) is 17.3 Å². The predicted molar refractivity (Wildman–Crippen MR) is 89.3 cm³/mol. The quantitative estimate of drug-likeness (QED) is 0.253. The van der Waals surface area contributed by atoms with E-state index in [2.05, 4.69) is 10.2 Å². The maximum absolute atomic E-state index is 11.3. The summed E-state index contributed by atoms with van der Waals surface area (Å²) >= 11 is 0. The number of aromatic nitrogens is 2. The molecule has 0 bridgehead atoms. The molecule has 6 heteroatoms. The van der Waals surface area contributed by atoms with Crippen molar-refractivity contribution in [3.8, 4) is 16.9 Å². The predicted octanol–water partition coefficient (Wildman–Crippen LogP) is 1.93. The van der Waals surface area contributed by atoms with Crippen LogP contribution in [-0.2, 0) is 0 Å². The van der Waals surface area contributed by atoms with Gasteiger partial charge < -0.3 is 11.6 Å². The Labute approximate surface area is 133 Å². The van der Waals surface area contributed by atoms with Crippen LogP contribution in [0.4, 0.5) is 0 Å². The highest BCUT2D eigenvalue weighted by Gasteiger charge is 2.11. The minimum absolute atomic E-state index is 0.260. The molecule has 0 aliphatic rings. The van der Waals surface area contributed by atoms with Gasteiger partial charge in [0.2, 0.25) is 0 Å². The first-order valence-electron chi connectivity index (χ1n) is 6.97. The lowest BCUT2D eigenvalue weighted by molar-refractivity contribution is 0.112. The molecule has 0 saturated carbocycles. The van der Waals surface area contributed by atoms with Gasteiger partial charge in [0.15, 0.2) is 6.29 Å². The van der Waals surface area contributed by atoms with Gasteiger partial charge in [0.25, 0.3) is 0 Å². The number of nitrogens with zero attached hydrogens (tertiary/aromatic N) is 3. The molecule has 0 radical (unpaired) electrons. The van der Waals surface area contributed by atoms with Crippen LogP contribution in [0, 0.1) is 0 Å². The van der Waals surface area contributed by atoms with Crippen molar-refractivity contribution in [1.82, 2.24) is 9.78 Å². The second kappa shape index (κ2) is 6.15. The Bertz CT molecular complexity index is 850. The molecule has 0 aliphatic heterocycles. The van der Waals surface area contributed by atoms with Crippen molar-refractivity contribution >= 4 is 12.1 Å². The second-order valence-electron chi connectivity index (χ2n) is 4.92. The summed E-state index contributed by atoms with van der Waals surface area (Å²) in [5.41, 5.74) is 9.27. The van der Waals surface area contributed by atoms with Crippen molar-refractivity contribution in [1.29, 1.82) is 0 Å². The zero-order valence-corrected chi connectivity index (χ0v) is 12.3. The Hall–Kier alpha value is -3.41. The largest absolute Gasteiger partial charge is 0.382 e. The average molecular weight is 305 g/mol. The fourth-order valence-electron chi connectivity index (χ4n) is 2.29. The number of aldehydes is 1. The normalized spacial score (nSPS) is 11.4. The molecular weight excluding hydrogens is 290 g/mol. The van der Waals surface area contributed by atoms with Gasteiger partial charge in [-0.25, -0.2) is 4.68 Å². The van der Waals surface area contributed by atoms with Gasteiger partial charge >= 0.3 is 0 Å². The van der Waals surface area contributed by atoms with Gasteiger partial charge in [-0.3, -0.25) is 4.79 Å². The highest BCUT2D eigenvalue weighted by Crippen LogP contribution is 2.22.